The molecule has 1 amide bonds. The molecule has 1 saturated heterocycles. The molecule has 1 fully saturated rings. The molecule has 0 bridgehead atoms. The number of fused-ring (bicyclic) bond motifs is 3. The fourth-order valence-electron chi connectivity index (χ4n) is 3.27. The van der Waals surface area contributed by atoms with Crippen molar-refractivity contribution in [3.63, 3.8) is 0 Å². The molecule has 0 N–H and O–H groups in total. The summed E-state index contributed by atoms with van der Waals surface area (Å²) in [5.41, 5.74) is 0. The smallest absolute Gasteiger partial charge is 0.348 e. The number of nitrogens with zero attached hydrogens (tertiary/aromatic N) is 1. The average Bonchev–Trinajstić information content (AvgIpc) is 3.16. The predicted octanol–water partition coefficient (Wildman–Crippen LogP) is 3.91. The first-order valence-corrected chi connectivity index (χ1v) is 10.2. The first kappa shape index (κ1) is 17.5. The van der Waals surface area contributed by atoms with Crippen LogP contribution in [0.5, 0.6) is 0 Å². The Kier molecular flexibility index (Phi) is 4.69. The molecule has 3 heterocycles. The minimum absolute atomic E-state index is 0.00392. The number of hydrogen-bond donors (Lipinski definition) is 0. The molecule has 4 rings (SSSR count). The summed E-state index contributed by atoms with van der Waals surface area (Å²) < 4.78 is 14.3. The van der Waals surface area contributed by atoms with Gasteiger partial charge in [0.1, 0.15) is 4.88 Å². The fraction of sp³-hybridized carbons (Fsp3) is 0.368. The van der Waals surface area contributed by atoms with Gasteiger partial charge in [-0.3, -0.25) is 4.79 Å². The zero-order chi connectivity index (χ0) is 18.3. The maximum atomic E-state index is 12.4. The molecule has 0 radical (unpaired) electrons. The number of thiophene rings is 2. The van der Waals surface area contributed by atoms with E-state index < -0.39 is 5.97 Å². The highest BCUT2D eigenvalue weighted by atomic mass is 32.1. The summed E-state index contributed by atoms with van der Waals surface area (Å²) in [4.78, 5) is 26.9. The second-order valence-electron chi connectivity index (χ2n) is 6.53. The highest BCUT2D eigenvalue weighted by Crippen LogP contribution is 2.39. The van der Waals surface area contributed by atoms with Crippen LogP contribution in [0.2, 0.25) is 0 Å². The maximum Gasteiger partial charge on any atom is 0.348 e. The van der Waals surface area contributed by atoms with Gasteiger partial charge in [-0.25, -0.2) is 4.79 Å². The summed E-state index contributed by atoms with van der Waals surface area (Å²) in [5, 5.41) is 1.16. The third-order valence-corrected chi connectivity index (χ3v) is 6.75. The van der Waals surface area contributed by atoms with E-state index in [1.54, 1.807) is 16.2 Å². The third kappa shape index (κ3) is 3.34. The molecule has 1 aliphatic heterocycles. The van der Waals surface area contributed by atoms with E-state index in [0.29, 0.717) is 18.0 Å². The lowest BCUT2D eigenvalue weighted by molar-refractivity contribution is -0.146. The van der Waals surface area contributed by atoms with Crippen molar-refractivity contribution in [1.82, 2.24) is 4.90 Å². The van der Waals surface area contributed by atoms with Crippen LogP contribution in [0.15, 0.2) is 30.3 Å². The van der Waals surface area contributed by atoms with Crippen LogP contribution < -0.4 is 0 Å². The molecule has 2 atom stereocenters. The van der Waals surface area contributed by atoms with E-state index in [9.17, 15) is 9.59 Å². The normalized spacial score (nSPS) is 20.6. The number of rotatable bonds is 3. The molecule has 0 spiro atoms. The van der Waals surface area contributed by atoms with Crippen LogP contribution >= 0.6 is 22.7 Å². The molecule has 3 aromatic rings. The van der Waals surface area contributed by atoms with Gasteiger partial charge in [0.05, 0.1) is 16.9 Å². The Morgan fingerprint density at radius 3 is 2.65 bits per heavy atom. The van der Waals surface area contributed by atoms with Crippen molar-refractivity contribution < 1.29 is 19.1 Å². The van der Waals surface area contributed by atoms with E-state index in [2.05, 4.69) is 12.1 Å². The van der Waals surface area contributed by atoms with Crippen LogP contribution in [0.3, 0.4) is 0 Å². The second-order valence-corrected chi connectivity index (χ2v) is 8.67. The molecule has 5 nitrogen and oxygen atoms in total. The average molecular weight is 389 g/mol. The van der Waals surface area contributed by atoms with Crippen LogP contribution in [0.4, 0.5) is 0 Å². The highest BCUT2D eigenvalue weighted by molar-refractivity contribution is 7.33. The van der Waals surface area contributed by atoms with Gasteiger partial charge in [-0.2, -0.15) is 0 Å². The Morgan fingerprint density at radius 1 is 1.15 bits per heavy atom. The lowest BCUT2D eigenvalue weighted by atomic mass is 10.2. The number of amides is 1. The molecule has 26 heavy (non-hydrogen) atoms. The van der Waals surface area contributed by atoms with Gasteiger partial charge in [0.2, 0.25) is 0 Å². The Morgan fingerprint density at radius 2 is 1.88 bits per heavy atom. The van der Waals surface area contributed by atoms with E-state index in [4.69, 9.17) is 9.47 Å². The lowest BCUT2D eigenvalue weighted by Gasteiger charge is -2.35. The third-order valence-electron chi connectivity index (χ3n) is 4.35. The van der Waals surface area contributed by atoms with Gasteiger partial charge in [-0.05, 0) is 26.0 Å². The van der Waals surface area contributed by atoms with E-state index in [1.165, 1.54) is 16.0 Å². The Hall–Kier alpha value is -1.96. The zero-order valence-electron chi connectivity index (χ0n) is 14.6. The molecule has 0 aliphatic carbocycles. The molecule has 7 heteroatoms. The minimum atomic E-state index is -0.440. The Bertz CT molecular complexity index is 966. The van der Waals surface area contributed by atoms with Crippen LogP contribution in [0, 0.1) is 0 Å². The van der Waals surface area contributed by atoms with Gasteiger partial charge in [0.25, 0.3) is 5.91 Å². The lowest BCUT2D eigenvalue weighted by Crippen LogP contribution is -2.49. The van der Waals surface area contributed by atoms with Crippen LogP contribution in [0.1, 0.15) is 23.5 Å². The van der Waals surface area contributed by atoms with Gasteiger partial charge in [-0.1, -0.05) is 18.2 Å². The van der Waals surface area contributed by atoms with Crippen molar-refractivity contribution in [2.24, 2.45) is 0 Å². The standard InChI is InChI=1S/C19H19NO4S2/c1-11-8-20(9-12(2)24-11)17(21)10-23-19(22)16-7-15-18(26-16)13-5-3-4-6-14(13)25-15/h3-7,11-12H,8-10H2,1-2H3/t11-,12+. The SMILES string of the molecule is C[C@@H]1CN(C(=O)COC(=O)c2cc3sc4ccccc4c3s2)C[C@H](C)O1. The number of esters is 1. The number of hydrogen-bond acceptors (Lipinski definition) is 6. The van der Waals surface area contributed by atoms with Crippen LogP contribution in [-0.4, -0.2) is 48.7 Å². The number of benzene rings is 1. The molecule has 1 aromatic carbocycles. The second kappa shape index (κ2) is 6.98. The Balaban J connectivity index is 1.43. The van der Waals surface area contributed by atoms with Gasteiger partial charge in [0.15, 0.2) is 6.61 Å². The topological polar surface area (TPSA) is 55.8 Å². The summed E-state index contributed by atoms with van der Waals surface area (Å²) in [7, 11) is 0. The number of carbonyl (C=O) groups is 2. The van der Waals surface area contributed by atoms with E-state index in [-0.39, 0.29) is 24.7 Å². The number of ether oxygens (including phenoxy) is 2. The molecule has 136 valence electrons. The summed E-state index contributed by atoms with van der Waals surface area (Å²) >= 11 is 3.08. The summed E-state index contributed by atoms with van der Waals surface area (Å²) in [6.45, 7) is 4.70. The van der Waals surface area contributed by atoms with E-state index in [0.717, 1.165) is 14.8 Å². The zero-order valence-corrected chi connectivity index (χ0v) is 16.2. The molecule has 2 aromatic heterocycles. The monoisotopic (exact) mass is 389 g/mol. The summed E-state index contributed by atoms with van der Waals surface area (Å²) in [5.74, 6) is -0.616. The molecule has 0 saturated carbocycles. The predicted molar refractivity (Wildman–Crippen MR) is 104 cm³/mol. The molecule has 0 unspecified atom stereocenters. The van der Waals surface area contributed by atoms with Crippen molar-refractivity contribution in [2.75, 3.05) is 19.7 Å². The minimum Gasteiger partial charge on any atom is -0.451 e. The van der Waals surface area contributed by atoms with E-state index in [1.807, 2.05) is 32.0 Å². The van der Waals surface area contributed by atoms with Crippen LogP contribution in [0.25, 0.3) is 19.5 Å². The molecule has 1 aliphatic rings. The van der Waals surface area contributed by atoms with Crippen molar-refractivity contribution in [2.45, 2.75) is 26.1 Å². The van der Waals surface area contributed by atoms with E-state index >= 15 is 0 Å². The van der Waals surface area contributed by atoms with Crippen molar-refractivity contribution in [1.29, 1.82) is 0 Å². The van der Waals surface area contributed by atoms with Gasteiger partial charge >= 0.3 is 5.97 Å². The van der Waals surface area contributed by atoms with Gasteiger partial charge in [0, 0.05) is 27.9 Å². The summed E-state index contributed by atoms with van der Waals surface area (Å²) in [6, 6.07) is 10.00. The molecular formula is C19H19NO4S2. The maximum absolute atomic E-state index is 12.4. The molecular weight excluding hydrogens is 370 g/mol. The first-order valence-electron chi connectivity index (χ1n) is 8.52. The van der Waals surface area contributed by atoms with Crippen molar-refractivity contribution in [3.05, 3.63) is 35.2 Å². The fourth-order valence-corrected chi connectivity index (χ4v) is 5.69. The van der Waals surface area contributed by atoms with Crippen molar-refractivity contribution >= 4 is 54.0 Å². The quantitative estimate of drug-likeness (QED) is 0.638. The Labute approximate surface area is 159 Å². The number of carbonyl (C=O) groups excluding carboxylic acids is 2. The first-order chi connectivity index (χ1) is 12.5. The van der Waals surface area contributed by atoms with Gasteiger partial charge < -0.3 is 14.4 Å². The number of morpholine rings is 1. The summed E-state index contributed by atoms with van der Waals surface area (Å²) in [6.07, 6.45) is -0.00784. The largest absolute Gasteiger partial charge is 0.451 e. The van der Waals surface area contributed by atoms with Crippen LogP contribution in [-0.2, 0) is 14.3 Å². The van der Waals surface area contributed by atoms with Crippen molar-refractivity contribution in [3.8, 4) is 0 Å². The highest BCUT2D eigenvalue weighted by Gasteiger charge is 2.26. The van der Waals surface area contributed by atoms with Gasteiger partial charge in [-0.15, -0.1) is 22.7 Å².